The van der Waals surface area contributed by atoms with Crippen molar-refractivity contribution in [3.63, 3.8) is 0 Å². The largest absolute Gasteiger partial charge is 0.333 e. The SMILES string of the molecule is CCN1CCCC1C1CCCN1C(=O)c1cn(-c2ccccc2)nn1. The summed E-state index contributed by atoms with van der Waals surface area (Å²) in [5.41, 5.74) is 1.36. The van der Waals surface area contributed by atoms with Gasteiger partial charge in [-0.25, -0.2) is 4.68 Å². The maximum Gasteiger partial charge on any atom is 0.276 e. The Morgan fingerprint density at radius 1 is 1.12 bits per heavy atom. The average Bonchev–Trinajstić information content (AvgIpc) is 3.41. The fourth-order valence-electron chi connectivity index (χ4n) is 4.34. The van der Waals surface area contributed by atoms with Crippen LogP contribution in [0.2, 0.25) is 0 Å². The molecule has 6 heteroatoms. The predicted octanol–water partition coefficient (Wildman–Crippen LogP) is 2.36. The Labute approximate surface area is 148 Å². The van der Waals surface area contributed by atoms with Crippen LogP contribution in [0.25, 0.3) is 5.69 Å². The number of hydrogen-bond acceptors (Lipinski definition) is 4. The third-order valence-corrected chi connectivity index (χ3v) is 5.56. The number of hydrogen-bond donors (Lipinski definition) is 0. The molecule has 0 saturated carbocycles. The van der Waals surface area contributed by atoms with Crippen LogP contribution in [-0.4, -0.2) is 62.4 Å². The van der Waals surface area contributed by atoms with E-state index in [0.717, 1.165) is 38.2 Å². The predicted molar refractivity (Wildman–Crippen MR) is 95.7 cm³/mol. The smallest absolute Gasteiger partial charge is 0.276 e. The van der Waals surface area contributed by atoms with Crippen molar-refractivity contribution in [2.75, 3.05) is 19.6 Å². The second kappa shape index (κ2) is 6.96. The first-order valence-corrected chi connectivity index (χ1v) is 9.30. The first kappa shape index (κ1) is 16.3. The highest BCUT2D eigenvalue weighted by molar-refractivity contribution is 5.92. The van der Waals surface area contributed by atoms with Gasteiger partial charge in [0.25, 0.3) is 5.91 Å². The molecule has 2 unspecified atom stereocenters. The molecule has 6 nitrogen and oxygen atoms in total. The zero-order valence-electron chi connectivity index (χ0n) is 14.7. The van der Waals surface area contributed by atoms with Crippen LogP contribution in [0.1, 0.15) is 43.1 Å². The van der Waals surface area contributed by atoms with Gasteiger partial charge in [-0.2, -0.15) is 0 Å². The Balaban J connectivity index is 1.53. The summed E-state index contributed by atoms with van der Waals surface area (Å²) in [4.78, 5) is 17.6. The molecule has 3 heterocycles. The van der Waals surface area contributed by atoms with Gasteiger partial charge in [0.2, 0.25) is 0 Å². The molecule has 25 heavy (non-hydrogen) atoms. The molecule has 0 spiro atoms. The normalized spacial score (nSPS) is 24.1. The van der Waals surface area contributed by atoms with Crippen LogP contribution in [0, 0.1) is 0 Å². The highest BCUT2D eigenvalue weighted by atomic mass is 16.2. The zero-order valence-corrected chi connectivity index (χ0v) is 14.7. The summed E-state index contributed by atoms with van der Waals surface area (Å²) in [5.74, 6) is 0.0210. The standard InChI is InChI=1S/C19H25N5O/c1-2-22-12-6-10-17(22)18-11-7-13-23(18)19(25)16-14-24(21-20-16)15-8-4-3-5-9-15/h3-5,8-9,14,17-18H,2,6-7,10-13H2,1H3. The van der Waals surface area contributed by atoms with Gasteiger partial charge in [0, 0.05) is 18.6 Å². The van der Waals surface area contributed by atoms with E-state index in [1.165, 1.54) is 12.8 Å². The summed E-state index contributed by atoms with van der Waals surface area (Å²) in [7, 11) is 0. The molecule has 0 bridgehead atoms. The van der Waals surface area contributed by atoms with Crippen LogP contribution >= 0.6 is 0 Å². The summed E-state index contributed by atoms with van der Waals surface area (Å²) in [6.45, 7) is 5.26. The van der Waals surface area contributed by atoms with Crippen molar-refractivity contribution in [2.45, 2.75) is 44.7 Å². The maximum absolute atomic E-state index is 13.0. The Bertz CT molecular complexity index is 728. The van der Waals surface area contributed by atoms with E-state index >= 15 is 0 Å². The molecule has 1 aromatic carbocycles. The molecular weight excluding hydrogens is 314 g/mol. The second-order valence-electron chi connectivity index (χ2n) is 6.93. The van der Waals surface area contributed by atoms with E-state index in [1.807, 2.05) is 35.2 Å². The highest BCUT2D eigenvalue weighted by Gasteiger charge is 2.39. The van der Waals surface area contributed by atoms with Gasteiger partial charge in [-0.1, -0.05) is 30.3 Å². The number of amides is 1. The number of benzene rings is 1. The van der Waals surface area contributed by atoms with Crippen molar-refractivity contribution >= 4 is 5.91 Å². The number of carbonyl (C=O) groups is 1. The maximum atomic E-state index is 13.0. The monoisotopic (exact) mass is 339 g/mol. The Kier molecular flexibility index (Phi) is 4.53. The van der Waals surface area contributed by atoms with E-state index in [0.29, 0.717) is 17.8 Å². The molecule has 2 aromatic rings. The van der Waals surface area contributed by atoms with E-state index < -0.39 is 0 Å². The first-order valence-electron chi connectivity index (χ1n) is 9.30. The third-order valence-electron chi connectivity index (χ3n) is 5.56. The van der Waals surface area contributed by atoms with Gasteiger partial charge >= 0.3 is 0 Å². The molecule has 0 aliphatic carbocycles. The molecule has 132 valence electrons. The van der Waals surface area contributed by atoms with Gasteiger partial charge in [0.05, 0.1) is 11.9 Å². The summed E-state index contributed by atoms with van der Waals surface area (Å²) >= 11 is 0. The molecule has 1 aromatic heterocycles. The lowest BCUT2D eigenvalue weighted by molar-refractivity contribution is 0.0644. The van der Waals surface area contributed by atoms with Gasteiger partial charge in [0.15, 0.2) is 5.69 Å². The van der Waals surface area contributed by atoms with Gasteiger partial charge in [-0.05, 0) is 50.9 Å². The summed E-state index contributed by atoms with van der Waals surface area (Å²) in [5, 5.41) is 8.29. The second-order valence-corrected chi connectivity index (χ2v) is 6.93. The summed E-state index contributed by atoms with van der Waals surface area (Å²) < 4.78 is 1.67. The minimum atomic E-state index is 0.0210. The van der Waals surface area contributed by atoms with Gasteiger partial charge < -0.3 is 4.90 Å². The molecular formula is C19H25N5O. The Morgan fingerprint density at radius 2 is 1.88 bits per heavy atom. The van der Waals surface area contributed by atoms with Crippen molar-refractivity contribution in [3.05, 3.63) is 42.2 Å². The fraction of sp³-hybridized carbons (Fsp3) is 0.526. The number of rotatable bonds is 4. The quantitative estimate of drug-likeness (QED) is 0.858. The molecule has 2 saturated heterocycles. The van der Waals surface area contributed by atoms with E-state index in [1.54, 1.807) is 10.9 Å². The van der Waals surface area contributed by atoms with E-state index in [-0.39, 0.29) is 5.91 Å². The van der Waals surface area contributed by atoms with Crippen LogP contribution in [0.4, 0.5) is 0 Å². The lowest BCUT2D eigenvalue weighted by atomic mass is 10.0. The van der Waals surface area contributed by atoms with Crippen LogP contribution in [0.15, 0.2) is 36.5 Å². The lowest BCUT2D eigenvalue weighted by Gasteiger charge is -2.34. The van der Waals surface area contributed by atoms with Crippen molar-refractivity contribution in [1.82, 2.24) is 24.8 Å². The first-order chi connectivity index (χ1) is 12.3. The lowest BCUT2D eigenvalue weighted by Crippen LogP contribution is -2.48. The van der Waals surface area contributed by atoms with Gasteiger partial charge in [-0.3, -0.25) is 9.69 Å². The minimum Gasteiger partial charge on any atom is -0.333 e. The van der Waals surface area contributed by atoms with Gasteiger partial charge in [-0.15, -0.1) is 5.10 Å². The van der Waals surface area contributed by atoms with Gasteiger partial charge in [0.1, 0.15) is 0 Å². The number of para-hydroxylation sites is 1. The van der Waals surface area contributed by atoms with Crippen molar-refractivity contribution in [1.29, 1.82) is 0 Å². The molecule has 2 fully saturated rings. The molecule has 2 aliphatic heterocycles. The molecule has 2 aliphatic rings. The summed E-state index contributed by atoms with van der Waals surface area (Å²) in [6, 6.07) is 10.6. The van der Waals surface area contributed by atoms with Crippen LogP contribution in [0.5, 0.6) is 0 Å². The fourth-order valence-corrected chi connectivity index (χ4v) is 4.34. The van der Waals surface area contributed by atoms with Crippen molar-refractivity contribution in [3.8, 4) is 5.69 Å². The number of aromatic nitrogens is 3. The van der Waals surface area contributed by atoms with E-state index in [4.69, 9.17) is 0 Å². The van der Waals surface area contributed by atoms with Crippen LogP contribution in [-0.2, 0) is 0 Å². The van der Waals surface area contributed by atoms with E-state index in [9.17, 15) is 4.79 Å². The third kappa shape index (κ3) is 3.06. The number of carbonyl (C=O) groups excluding carboxylic acids is 1. The number of likely N-dealkylation sites (N-methyl/N-ethyl adjacent to an activating group) is 1. The van der Waals surface area contributed by atoms with Crippen LogP contribution < -0.4 is 0 Å². The molecule has 1 amide bonds. The molecule has 0 radical (unpaired) electrons. The van der Waals surface area contributed by atoms with E-state index in [2.05, 4.69) is 22.1 Å². The highest BCUT2D eigenvalue weighted by Crippen LogP contribution is 2.30. The number of likely N-dealkylation sites (tertiary alicyclic amines) is 2. The topological polar surface area (TPSA) is 54.3 Å². The van der Waals surface area contributed by atoms with Crippen molar-refractivity contribution in [2.24, 2.45) is 0 Å². The molecule has 2 atom stereocenters. The average molecular weight is 339 g/mol. The summed E-state index contributed by atoms with van der Waals surface area (Å²) in [6.07, 6.45) is 6.36. The Hall–Kier alpha value is -2.21. The minimum absolute atomic E-state index is 0.0210. The Morgan fingerprint density at radius 3 is 2.68 bits per heavy atom. The zero-order chi connectivity index (χ0) is 17.2. The number of nitrogens with zero attached hydrogens (tertiary/aromatic N) is 5. The molecule has 4 rings (SSSR count). The molecule has 0 N–H and O–H groups in total. The van der Waals surface area contributed by atoms with Crippen molar-refractivity contribution < 1.29 is 4.79 Å². The van der Waals surface area contributed by atoms with Crippen LogP contribution in [0.3, 0.4) is 0 Å².